The average Bonchev–Trinajstić information content (AvgIpc) is 3.12. The highest BCUT2D eigenvalue weighted by Gasteiger charge is 2.35. The van der Waals surface area contributed by atoms with E-state index in [4.69, 9.17) is 21.1 Å². The van der Waals surface area contributed by atoms with E-state index in [0.717, 1.165) is 17.5 Å². The van der Waals surface area contributed by atoms with E-state index in [1.54, 1.807) is 75.4 Å². The number of nitrogens with one attached hydrogen (secondary N) is 4. The van der Waals surface area contributed by atoms with Crippen molar-refractivity contribution in [3.8, 4) is 16.9 Å². The molecule has 3 rings (SSSR count). The highest BCUT2D eigenvalue weighted by atomic mass is 35.5. The summed E-state index contributed by atoms with van der Waals surface area (Å²) in [5.41, 5.74) is 2.43. The van der Waals surface area contributed by atoms with Crippen LogP contribution >= 0.6 is 11.6 Å². The lowest BCUT2D eigenvalue weighted by Crippen LogP contribution is -2.53. The Morgan fingerprint density at radius 3 is 2.09 bits per heavy atom. The van der Waals surface area contributed by atoms with Gasteiger partial charge in [-0.25, -0.2) is 4.79 Å². The Hall–Kier alpha value is -5.36. The minimum atomic E-state index is -1.23. The minimum Gasteiger partial charge on any atom is -0.496 e. The highest BCUT2D eigenvalue weighted by molar-refractivity contribution is 6.30. The summed E-state index contributed by atoms with van der Waals surface area (Å²) >= 11 is 6.03. The number of rotatable bonds is 15. The number of methoxy groups -OCH3 is 1. The molecule has 0 radical (unpaired) electrons. The van der Waals surface area contributed by atoms with Crippen molar-refractivity contribution in [3.05, 3.63) is 94.5 Å². The molecule has 0 unspecified atom stereocenters. The summed E-state index contributed by atoms with van der Waals surface area (Å²) in [5, 5.41) is 11.3. The van der Waals surface area contributed by atoms with Crippen LogP contribution in [0, 0.1) is 0 Å². The number of hydrogen-bond acceptors (Lipinski definition) is 7. The van der Waals surface area contributed by atoms with Crippen LogP contribution < -0.4 is 26.0 Å². The number of hydrogen-bond donors (Lipinski definition) is 4. The summed E-state index contributed by atoms with van der Waals surface area (Å²) in [4.78, 5) is 68.1. The summed E-state index contributed by atoms with van der Waals surface area (Å²) in [5.74, 6) is -1.64. The van der Waals surface area contributed by atoms with E-state index in [-0.39, 0.29) is 13.0 Å². The van der Waals surface area contributed by atoms with Crippen LogP contribution in [0.4, 0.5) is 4.79 Å². The number of nitrogens with zero attached hydrogens (tertiary/aromatic N) is 1. The predicted molar refractivity (Wildman–Crippen MR) is 206 cm³/mol. The third kappa shape index (κ3) is 12.4. The first-order valence-electron chi connectivity index (χ1n) is 17.3. The van der Waals surface area contributed by atoms with E-state index >= 15 is 0 Å². The van der Waals surface area contributed by atoms with Gasteiger partial charge in [0, 0.05) is 36.8 Å². The molecule has 0 fully saturated rings. The van der Waals surface area contributed by atoms with Crippen molar-refractivity contribution in [1.29, 1.82) is 0 Å². The third-order valence-corrected chi connectivity index (χ3v) is 8.37. The van der Waals surface area contributed by atoms with E-state index < -0.39 is 53.4 Å². The Kier molecular flexibility index (Phi) is 15.4. The summed E-state index contributed by atoms with van der Waals surface area (Å²) in [6.07, 6.45) is 3.82. The number of ether oxygens (including phenoxy) is 2. The number of carbonyl (C=O) groups excluding carboxylic acids is 5. The molecular formula is C40H50ClN5O7. The molecule has 4 N–H and O–H groups in total. The fraction of sp³-hybridized carbons (Fsp3) is 0.375. The third-order valence-electron chi connectivity index (χ3n) is 8.11. The Balaban J connectivity index is 1.99. The molecule has 12 nitrogen and oxygen atoms in total. The van der Waals surface area contributed by atoms with Crippen molar-refractivity contribution in [2.24, 2.45) is 0 Å². The first-order valence-corrected chi connectivity index (χ1v) is 17.7. The van der Waals surface area contributed by atoms with Gasteiger partial charge in [0.05, 0.1) is 7.11 Å². The number of likely N-dealkylation sites (N-methyl/N-ethyl adjacent to an activating group) is 2. The molecule has 0 heterocycles. The molecule has 3 aromatic rings. The minimum absolute atomic E-state index is 0.0337. The molecule has 0 spiro atoms. The van der Waals surface area contributed by atoms with Crippen molar-refractivity contribution in [2.45, 2.75) is 71.2 Å². The summed E-state index contributed by atoms with van der Waals surface area (Å²) in [6.45, 7) is 8.66. The van der Waals surface area contributed by atoms with Crippen LogP contribution in [0.15, 0.2) is 72.8 Å². The Bertz CT molecular complexity index is 1770. The number of alkyl carbamates (subject to hydrolysis) is 1. The maximum atomic E-state index is 14.4. The van der Waals surface area contributed by atoms with Crippen LogP contribution in [0.2, 0.25) is 5.02 Å². The quantitative estimate of drug-likeness (QED) is 0.151. The van der Waals surface area contributed by atoms with Crippen LogP contribution in [0.1, 0.15) is 75.0 Å². The lowest BCUT2D eigenvalue weighted by atomic mass is 9.99. The van der Waals surface area contributed by atoms with Crippen LogP contribution in [0.5, 0.6) is 5.75 Å². The molecule has 0 aliphatic carbocycles. The molecule has 3 atom stereocenters. The van der Waals surface area contributed by atoms with Gasteiger partial charge in [0.15, 0.2) is 0 Å². The van der Waals surface area contributed by atoms with Gasteiger partial charge in [0.25, 0.3) is 5.91 Å². The molecule has 0 aliphatic rings. The van der Waals surface area contributed by atoms with Gasteiger partial charge in [-0.05, 0) is 93.6 Å². The fourth-order valence-corrected chi connectivity index (χ4v) is 5.51. The molecule has 0 saturated heterocycles. The maximum Gasteiger partial charge on any atom is 0.407 e. The van der Waals surface area contributed by atoms with E-state index in [0.29, 0.717) is 27.5 Å². The second kappa shape index (κ2) is 19.5. The molecule has 13 heteroatoms. The Morgan fingerprint density at radius 2 is 1.53 bits per heavy atom. The van der Waals surface area contributed by atoms with Gasteiger partial charge in [0.2, 0.25) is 17.7 Å². The van der Waals surface area contributed by atoms with Gasteiger partial charge in [-0.15, -0.1) is 0 Å². The SMILES string of the molecule is CC/C=C/c1cc([C@@H](C(=O)N[C@@H](C)C(=O)NC)N(C)C(=O)[C@H](CCNC(=O)OC(C)(C)C)NC(=O)c2ccc(-c3ccc(Cl)cc3)cc2)ccc1OC. The fourth-order valence-electron chi connectivity index (χ4n) is 5.38. The molecule has 3 aromatic carbocycles. The number of benzene rings is 3. The maximum absolute atomic E-state index is 14.4. The first kappa shape index (κ1) is 42.1. The van der Waals surface area contributed by atoms with E-state index in [1.807, 2.05) is 31.2 Å². The lowest BCUT2D eigenvalue weighted by molar-refractivity contribution is -0.141. The van der Waals surface area contributed by atoms with Gasteiger partial charge in [-0.2, -0.15) is 0 Å². The van der Waals surface area contributed by atoms with Gasteiger partial charge < -0.3 is 35.6 Å². The van der Waals surface area contributed by atoms with Gasteiger partial charge in [-0.3, -0.25) is 19.2 Å². The number of carbonyl (C=O) groups is 5. The number of allylic oxidation sites excluding steroid dienone is 1. The largest absolute Gasteiger partial charge is 0.496 e. The Labute approximate surface area is 316 Å². The zero-order valence-electron chi connectivity index (χ0n) is 31.5. The average molecular weight is 748 g/mol. The molecule has 53 heavy (non-hydrogen) atoms. The predicted octanol–water partition coefficient (Wildman–Crippen LogP) is 5.90. The topological polar surface area (TPSA) is 155 Å². The number of amides is 5. The van der Waals surface area contributed by atoms with Crippen molar-refractivity contribution in [3.63, 3.8) is 0 Å². The van der Waals surface area contributed by atoms with E-state index in [1.165, 1.54) is 33.0 Å². The van der Waals surface area contributed by atoms with Crippen LogP contribution in [0.3, 0.4) is 0 Å². The van der Waals surface area contributed by atoms with Gasteiger partial charge >= 0.3 is 6.09 Å². The lowest BCUT2D eigenvalue weighted by Gasteiger charge is -2.32. The highest BCUT2D eigenvalue weighted by Crippen LogP contribution is 2.29. The first-order chi connectivity index (χ1) is 25.1. The van der Waals surface area contributed by atoms with Crippen molar-refractivity contribution < 1.29 is 33.4 Å². The van der Waals surface area contributed by atoms with Crippen LogP contribution in [-0.4, -0.2) is 80.1 Å². The summed E-state index contributed by atoms with van der Waals surface area (Å²) < 4.78 is 10.9. The second-order valence-electron chi connectivity index (χ2n) is 13.3. The van der Waals surface area contributed by atoms with Crippen molar-refractivity contribution in [1.82, 2.24) is 26.2 Å². The van der Waals surface area contributed by atoms with Crippen molar-refractivity contribution in [2.75, 3.05) is 27.7 Å². The van der Waals surface area contributed by atoms with E-state index in [9.17, 15) is 24.0 Å². The molecule has 5 amide bonds. The van der Waals surface area contributed by atoms with Gasteiger partial charge in [0.1, 0.15) is 29.5 Å². The number of halogens is 1. The zero-order chi connectivity index (χ0) is 39.3. The molecule has 0 aromatic heterocycles. The Morgan fingerprint density at radius 1 is 0.906 bits per heavy atom. The van der Waals surface area contributed by atoms with E-state index in [2.05, 4.69) is 21.3 Å². The molecule has 0 aliphatic heterocycles. The molecular weight excluding hydrogens is 698 g/mol. The molecule has 284 valence electrons. The van der Waals surface area contributed by atoms with Crippen LogP contribution in [-0.2, 0) is 19.1 Å². The summed E-state index contributed by atoms with van der Waals surface area (Å²) in [7, 11) is 4.44. The second-order valence-corrected chi connectivity index (χ2v) is 13.8. The smallest absolute Gasteiger partial charge is 0.407 e. The van der Waals surface area contributed by atoms with Gasteiger partial charge in [-0.1, -0.05) is 61.0 Å². The standard InChI is InChI=1S/C40H50ClN5O7/c1-9-10-11-29-24-30(18-21-33(29)52-8)34(37(49)44-25(2)35(47)42-6)46(7)38(50)32(22-23-43-39(51)53-40(3,4)5)45-36(48)28-14-12-26(13-15-28)27-16-19-31(41)20-17-27/h10-21,24-25,32,34H,9,22-23H2,1-8H3,(H,42,47)(H,43,51)(H,44,49)(H,45,48)/b11-10+/t25-,32-,34-/m0/s1. The van der Waals surface area contributed by atoms with Crippen LogP contribution in [0.25, 0.3) is 17.2 Å². The molecule has 0 saturated carbocycles. The zero-order valence-corrected chi connectivity index (χ0v) is 32.3. The van der Waals surface area contributed by atoms with Crippen molar-refractivity contribution >= 4 is 47.4 Å². The molecule has 0 bridgehead atoms. The summed E-state index contributed by atoms with van der Waals surface area (Å²) in [6, 6.07) is 15.9. The monoisotopic (exact) mass is 747 g/mol. The normalized spacial score (nSPS) is 12.9.